The predicted molar refractivity (Wildman–Crippen MR) is 58.7 cm³/mol. The van der Waals surface area contributed by atoms with Crippen LogP contribution >= 0.6 is 15.9 Å². The van der Waals surface area contributed by atoms with E-state index in [9.17, 15) is 0 Å². The van der Waals surface area contributed by atoms with Crippen LogP contribution in [0.4, 0.5) is 0 Å². The van der Waals surface area contributed by atoms with E-state index in [1.807, 2.05) is 0 Å². The molecular weight excluding hydrogens is 226 g/mol. The summed E-state index contributed by atoms with van der Waals surface area (Å²) in [5.41, 5.74) is 7.59. The molecule has 0 bridgehead atoms. The number of hydrogen-bond donors (Lipinski definition) is 1. The van der Waals surface area contributed by atoms with Gasteiger partial charge in [0.1, 0.15) is 0 Å². The molecule has 0 spiro atoms. The fourth-order valence-corrected chi connectivity index (χ4v) is 1.93. The summed E-state index contributed by atoms with van der Waals surface area (Å²) in [5.74, 6) is 0.487. The molecule has 1 aromatic carbocycles. The van der Waals surface area contributed by atoms with Crippen LogP contribution in [0.2, 0.25) is 0 Å². The first-order valence-electron chi connectivity index (χ1n) is 4.66. The Morgan fingerprint density at radius 3 is 2.31 bits per heavy atom. The van der Waals surface area contributed by atoms with E-state index in [2.05, 4.69) is 47.1 Å². The molecule has 2 rings (SSSR count). The van der Waals surface area contributed by atoms with E-state index in [1.54, 1.807) is 0 Å². The van der Waals surface area contributed by atoms with E-state index in [1.165, 1.54) is 18.4 Å². The molecule has 70 valence electrons. The van der Waals surface area contributed by atoms with Gasteiger partial charge in [-0.05, 0) is 36.5 Å². The number of hydrogen-bond acceptors (Lipinski definition) is 1. The Bertz CT molecular complexity index is 300. The Hall–Kier alpha value is -0.340. The van der Waals surface area contributed by atoms with Gasteiger partial charge in [-0.2, -0.15) is 0 Å². The zero-order valence-corrected chi connectivity index (χ0v) is 9.34. The zero-order chi connectivity index (χ0) is 9.47. The molecule has 13 heavy (non-hydrogen) atoms. The van der Waals surface area contributed by atoms with Crippen LogP contribution < -0.4 is 5.73 Å². The fraction of sp³-hybridized carbons (Fsp3) is 0.455. The Balaban J connectivity index is 2.20. The van der Waals surface area contributed by atoms with Crippen LogP contribution in [0.1, 0.15) is 31.2 Å². The van der Waals surface area contributed by atoms with Crippen LogP contribution in [0.3, 0.4) is 0 Å². The topological polar surface area (TPSA) is 26.0 Å². The molecule has 0 aliphatic heterocycles. The highest BCUT2D eigenvalue weighted by Crippen LogP contribution is 2.44. The van der Waals surface area contributed by atoms with E-state index in [-0.39, 0.29) is 5.54 Å². The van der Waals surface area contributed by atoms with Crippen molar-refractivity contribution in [3.05, 3.63) is 34.3 Å². The van der Waals surface area contributed by atoms with Crippen molar-refractivity contribution in [2.45, 2.75) is 31.2 Å². The second-order valence-electron chi connectivity index (χ2n) is 4.01. The Morgan fingerprint density at radius 2 is 1.85 bits per heavy atom. The maximum atomic E-state index is 6.15. The van der Waals surface area contributed by atoms with Crippen molar-refractivity contribution in [2.75, 3.05) is 0 Å². The lowest BCUT2D eigenvalue weighted by atomic mass is 9.92. The van der Waals surface area contributed by atoms with Gasteiger partial charge in [0, 0.05) is 10.0 Å². The van der Waals surface area contributed by atoms with Gasteiger partial charge in [-0.25, -0.2) is 0 Å². The fourth-order valence-electron chi connectivity index (χ4n) is 1.66. The summed E-state index contributed by atoms with van der Waals surface area (Å²) in [6.07, 6.45) is 2.34. The molecule has 1 aliphatic carbocycles. The van der Waals surface area contributed by atoms with Crippen molar-refractivity contribution in [2.24, 2.45) is 5.73 Å². The van der Waals surface area contributed by atoms with Gasteiger partial charge in [0.2, 0.25) is 0 Å². The van der Waals surface area contributed by atoms with Gasteiger partial charge in [0.15, 0.2) is 0 Å². The predicted octanol–water partition coefficient (Wildman–Crippen LogP) is 3.04. The van der Waals surface area contributed by atoms with Crippen molar-refractivity contribution in [1.29, 1.82) is 0 Å². The third-order valence-electron chi connectivity index (χ3n) is 3.06. The van der Waals surface area contributed by atoms with Crippen molar-refractivity contribution < 1.29 is 0 Å². The highest BCUT2D eigenvalue weighted by atomic mass is 79.9. The molecular formula is C11H14BrN. The number of benzene rings is 1. The van der Waals surface area contributed by atoms with Gasteiger partial charge >= 0.3 is 0 Å². The molecule has 0 amide bonds. The van der Waals surface area contributed by atoms with Crippen molar-refractivity contribution in [1.82, 2.24) is 0 Å². The van der Waals surface area contributed by atoms with Crippen LogP contribution in [0, 0.1) is 0 Å². The van der Waals surface area contributed by atoms with Gasteiger partial charge in [0.25, 0.3) is 0 Å². The highest BCUT2D eigenvalue weighted by molar-refractivity contribution is 9.10. The first-order chi connectivity index (χ1) is 6.12. The van der Waals surface area contributed by atoms with Crippen LogP contribution in [-0.2, 0) is 0 Å². The van der Waals surface area contributed by atoms with E-state index in [0.29, 0.717) is 5.92 Å². The molecule has 0 heterocycles. The Kier molecular flexibility index (Phi) is 2.20. The molecule has 1 unspecified atom stereocenters. The Morgan fingerprint density at radius 1 is 1.31 bits per heavy atom. The second-order valence-corrected chi connectivity index (χ2v) is 4.92. The van der Waals surface area contributed by atoms with Gasteiger partial charge < -0.3 is 5.73 Å². The average Bonchev–Trinajstić information content (AvgIpc) is 2.85. The normalized spacial score (nSPS) is 21.2. The standard InChI is InChI=1S/C11H14BrN/c1-8(11(13)6-7-11)9-2-4-10(12)5-3-9/h2-5,8H,6-7,13H2,1H3. The molecule has 1 fully saturated rings. The number of rotatable bonds is 2. The van der Waals surface area contributed by atoms with Crippen molar-refractivity contribution in [3.63, 3.8) is 0 Å². The zero-order valence-electron chi connectivity index (χ0n) is 7.76. The summed E-state index contributed by atoms with van der Waals surface area (Å²) in [7, 11) is 0. The van der Waals surface area contributed by atoms with Crippen molar-refractivity contribution in [3.8, 4) is 0 Å². The van der Waals surface area contributed by atoms with Crippen LogP contribution in [-0.4, -0.2) is 5.54 Å². The summed E-state index contributed by atoms with van der Waals surface area (Å²) in [4.78, 5) is 0. The largest absolute Gasteiger partial charge is 0.325 e. The molecule has 2 heteroatoms. The van der Waals surface area contributed by atoms with E-state index in [4.69, 9.17) is 5.73 Å². The second kappa shape index (κ2) is 3.10. The van der Waals surface area contributed by atoms with Crippen LogP contribution in [0.5, 0.6) is 0 Å². The SMILES string of the molecule is CC(c1ccc(Br)cc1)C1(N)CC1. The lowest BCUT2D eigenvalue weighted by Crippen LogP contribution is -2.28. The molecule has 0 radical (unpaired) electrons. The minimum atomic E-state index is 0.0911. The summed E-state index contributed by atoms with van der Waals surface area (Å²) < 4.78 is 1.13. The minimum absolute atomic E-state index is 0.0911. The van der Waals surface area contributed by atoms with E-state index < -0.39 is 0 Å². The summed E-state index contributed by atoms with van der Waals surface area (Å²) in [6, 6.07) is 8.47. The first-order valence-corrected chi connectivity index (χ1v) is 5.45. The lowest BCUT2D eigenvalue weighted by Gasteiger charge is -2.18. The smallest absolute Gasteiger partial charge is 0.0222 e. The van der Waals surface area contributed by atoms with Gasteiger partial charge in [-0.1, -0.05) is 35.0 Å². The minimum Gasteiger partial charge on any atom is -0.325 e. The van der Waals surface area contributed by atoms with E-state index in [0.717, 1.165) is 4.47 Å². The lowest BCUT2D eigenvalue weighted by molar-refractivity contribution is 0.557. The maximum absolute atomic E-state index is 6.15. The summed E-state index contributed by atoms with van der Waals surface area (Å²) in [5, 5.41) is 0. The highest BCUT2D eigenvalue weighted by Gasteiger charge is 2.43. The first kappa shape index (κ1) is 9.22. The molecule has 0 aromatic heterocycles. The van der Waals surface area contributed by atoms with Gasteiger partial charge in [0.05, 0.1) is 0 Å². The molecule has 2 N–H and O–H groups in total. The quantitative estimate of drug-likeness (QED) is 0.844. The molecule has 1 aromatic rings. The van der Waals surface area contributed by atoms with Crippen LogP contribution in [0.25, 0.3) is 0 Å². The number of nitrogens with two attached hydrogens (primary N) is 1. The third kappa shape index (κ3) is 1.79. The third-order valence-corrected chi connectivity index (χ3v) is 3.59. The number of halogens is 1. The molecule has 0 saturated heterocycles. The molecule has 1 aliphatic rings. The van der Waals surface area contributed by atoms with E-state index >= 15 is 0 Å². The average molecular weight is 240 g/mol. The maximum Gasteiger partial charge on any atom is 0.0222 e. The summed E-state index contributed by atoms with van der Waals surface area (Å²) >= 11 is 3.43. The molecule has 1 saturated carbocycles. The van der Waals surface area contributed by atoms with Crippen molar-refractivity contribution >= 4 is 15.9 Å². The molecule has 1 nitrogen and oxygen atoms in total. The van der Waals surface area contributed by atoms with Crippen LogP contribution in [0.15, 0.2) is 28.7 Å². The monoisotopic (exact) mass is 239 g/mol. The Labute approximate surface area is 87.5 Å². The van der Waals surface area contributed by atoms with Gasteiger partial charge in [-0.3, -0.25) is 0 Å². The summed E-state index contributed by atoms with van der Waals surface area (Å²) in [6.45, 7) is 2.22. The molecule has 1 atom stereocenters. The van der Waals surface area contributed by atoms with Gasteiger partial charge in [-0.15, -0.1) is 0 Å².